The smallest absolute Gasteiger partial charge is 0.340 e. The first-order chi connectivity index (χ1) is 8.58. The summed E-state index contributed by atoms with van der Waals surface area (Å²) in [7, 11) is 2.91. The first-order valence-electron chi connectivity index (χ1n) is 5.00. The summed E-state index contributed by atoms with van der Waals surface area (Å²) in [6.07, 6.45) is 1.39. The summed E-state index contributed by atoms with van der Waals surface area (Å²) >= 11 is 8.30. The number of nitrogens with zero attached hydrogens (tertiary/aromatic N) is 1. The maximum Gasteiger partial charge on any atom is 0.340 e. The number of esters is 1. The lowest BCUT2D eigenvalue weighted by atomic mass is 10.2. The summed E-state index contributed by atoms with van der Waals surface area (Å²) < 4.78 is 9.71. The Labute approximate surface area is 122 Å². The molecule has 2 heterocycles. The van der Waals surface area contributed by atoms with Gasteiger partial charge in [-0.25, -0.2) is 9.78 Å². The molecular weight excluding hydrogens is 370 g/mol. The molecule has 0 aliphatic carbocycles. The van der Waals surface area contributed by atoms with E-state index in [1.54, 1.807) is 7.11 Å². The summed E-state index contributed by atoms with van der Waals surface area (Å²) in [4.78, 5) is 18.7. The van der Waals surface area contributed by atoms with Gasteiger partial charge in [-0.3, -0.25) is 0 Å². The van der Waals surface area contributed by atoms with E-state index in [4.69, 9.17) is 16.3 Å². The van der Waals surface area contributed by atoms with E-state index < -0.39 is 5.97 Å². The Morgan fingerprint density at radius 1 is 1.56 bits per heavy atom. The molecule has 0 aliphatic heterocycles. The van der Waals surface area contributed by atoms with E-state index in [0.29, 0.717) is 16.1 Å². The number of fused-ring (bicyclic) bond motifs is 1. The molecule has 1 atom stereocenters. The van der Waals surface area contributed by atoms with Crippen LogP contribution in [0, 0.1) is 0 Å². The van der Waals surface area contributed by atoms with Crippen molar-refractivity contribution < 1.29 is 14.3 Å². The highest BCUT2D eigenvalue weighted by atomic mass is 127. The molecule has 7 heteroatoms. The molecule has 5 nitrogen and oxygen atoms in total. The number of hydrogen-bond acceptors (Lipinski definition) is 4. The number of aromatic nitrogens is 2. The topological polar surface area (TPSA) is 64.2 Å². The van der Waals surface area contributed by atoms with Gasteiger partial charge in [0, 0.05) is 18.7 Å². The quantitative estimate of drug-likeness (QED) is 0.505. The predicted octanol–water partition coefficient (Wildman–Crippen LogP) is 3.08. The molecule has 0 radical (unpaired) electrons. The van der Waals surface area contributed by atoms with Crippen molar-refractivity contribution in [2.24, 2.45) is 0 Å². The molecule has 0 fully saturated rings. The molecule has 0 saturated carbocycles. The lowest BCUT2D eigenvalue weighted by Gasteiger charge is -2.02. The first kappa shape index (κ1) is 13.6. The molecular formula is C11H10ClIN2O3. The molecule has 2 rings (SSSR count). The SMILES string of the molecule is COC(=O)c1cnc2[nH]c(C(I)OC)cc2c1Cl. The standard InChI is InChI=1S/C11H10ClIN2O3/c1-17-9(13)7-3-5-8(12)6(11(16)18-2)4-14-10(5)15-7/h3-4,9H,1-2H3,(H,14,15). The predicted molar refractivity (Wildman–Crippen MR) is 76.2 cm³/mol. The molecule has 18 heavy (non-hydrogen) atoms. The molecule has 1 unspecified atom stereocenters. The van der Waals surface area contributed by atoms with E-state index in [-0.39, 0.29) is 9.67 Å². The van der Waals surface area contributed by atoms with E-state index in [1.807, 2.05) is 6.07 Å². The van der Waals surface area contributed by atoms with Crippen LogP contribution in [0.3, 0.4) is 0 Å². The monoisotopic (exact) mass is 380 g/mol. The van der Waals surface area contributed by atoms with Crippen molar-refractivity contribution in [3.8, 4) is 0 Å². The van der Waals surface area contributed by atoms with Gasteiger partial charge >= 0.3 is 5.97 Å². The van der Waals surface area contributed by atoms with Crippen molar-refractivity contribution in [2.45, 2.75) is 4.11 Å². The largest absolute Gasteiger partial charge is 0.465 e. The maximum atomic E-state index is 11.5. The van der Waals surface area contributed by atoms with Gasteiger partial charge in [-0.05, 0) is 28.7 Å². The van der Waals surface area contributed by atoms with Crippen molar-refractivity contribution in [1.29, 1.82) is 0 Å². The van der Waals surface area contributed by atoms with Crippen molar-refractivity contribution >= 4 is 51.2 Å². The normalized spacial score (nSPS) is 12.7. The number of pyridine rings is 1. The highest BCUT2D eigenvalue weighted by molar-refractivity contribution is 14.1. The molecule has 96 valence electrons. The number of aromatic amines is 1. The van der Waals surface area contributed by atoms with E-state index in [2.05, 4.69) is 37.3 Å². The minimum atomic E-state index is -0.505. The van der Waals surface area contributed by atoms with E-state index in [1.165, 1.54) is 13.3 Å². The van der Waals surface area contributed by atoms with Crippen molar-refractivity contribution in [2.75, 3.05) is 14.2 Å². The van der Waals surface area contributed by atoms with Gasteiger partial charge in [-0.15, -0.1) is 0 Å². The number of rotatable bonds is 3. The van der Waals surface area contributed by atoms with E-state index in [0.717, 1.165) is 5.69 Å². The summed E-state index contributed by atoms with van der Waals surface area (Å²) in [5.74, 6) is -0.505. The fraction of sp³-hybridized carbons (Fsp3) is 0.273. The molecule has 0 aliphatic rings. The minimum Gasteiger partial charge on any atom is -0.465 e. The van der Waals surface area contributed by atoms with Crippen LogP contribution in [0.25, 0.3) is 11.0 Å². The van der Waals surface area contributed by atoms with Crippen LogP contribution in [0.1, 0.15) is 20.2 Å². The Hall–Kier alpha value is -0.860. The van der Waals surface area contributed by atoms with Crippen LogP contribution in [-0.2, 0) is 9.47 Å². The zero-order valence-corrected chi connectivity index (χ0v) is 12.6. The van der Waals surface area contributed by atoms with Gasteiger partial charge in [0.1, 0.15) is 9.76 Å². The maximum absolute atomic E-state index is 11.5. The zero-order valence-electron chi connectivity index (χ0n) is 9.66. The fourth-order valence-corrected chi connectivity index (χ4v) is 2.17. The van der Waals surface area contributed by atoms with Gasteiger partial charge in [-0.2, -0.15) is 0 Å². The molecule has 0 saturated heterocycles. The van der Waals surface area contributed by atoms with Crippen molar-refractivity contribution in [1.82, 2.24) is 9.97 Å². The second-order valence-electron chi connectivity index (χ2n) is 3.52. The summed E-state index contributed by atoms with van der Waals surface area (Å²) in [6, 6.07) is 1.82. The molecule has 2 aromatic rings. The molecule has 0 aromatic carbocycles. The number of nitrogens with one attached hydrogen (secondary N) is 1. The van der Waals surface area contributed by atoms with E-state index in [9.17, 15) is 4.79 Å². The van der Waals surface area contributed by atoms with Gasteiger partial charge in [0.2, 0.25) is 0 Å². The Kier molecular flexibility index (Phi) is 4.08. The Bertz CT molecular complexity index is 599. The van der Waals surface area contributed by atoms with Crippen molar-refractivity contribution in [3.05, 3.63) is 28.5 Å². The second-order valence-corrected chi connectivity index (χ2v) is 5.03. The van der Waals surface area contributed by atoms with Gasteiger partial charge in [0.15, 0.2) is 0 Å². The number of ether oxygens (including phenoxy) is 2. The lowest BCUT2D eigenvalue weighted by Crippen LogP contribution is -2.02. The molecule has 0 spiro atoms. The van der Waals surface area contributed by atoms with Gasteiger partial charge in [-0.1, -0.05) is 11.6 Å². The second kappa shape index (κ2) is 5.41. The minimum absolute atomic E-state index is 0.130. The van der Waals surface area contributed by atoms with E-state index >= 15 is 0 Å². The Morgan fingerprint density at radius 3 is 2.89 bits per heavy atom. The highest BCUT2D eigenvalue weighted by Crippen LogP contribution is 2.31. The zero-order chi connectivity index (χ0) is 13.3. The van der Waals surface area contributed by atoms with Crippen LogP contribution in [-0.4, -0.2) is 30.2 Å². The van der Waals surface area contributed by atoms with Gasteiger partial charge in [0.05, 0.1) is 23.4 Å². The first-order valence-corrected chi connectivity index (χ1v) is 6.63. The lowest BCUT2D eigenvalue weighted by molar-refractivity contribution is 0.0600. The third kappa shape index (κ3) is 2.32. The fourth-order valence-electron chi connectivity index (χ4n) is 1.57. The van der Waals surface area contributed by atoms with Crippen LogP contribution >= 0.6 is 34.2 Å². The average molecular weight is 381 g/mol. The molecule has 2 aromatic heterocycles. The number of hydrogen-bond donors (Lipinski definition) is 1. The molecule has 0 bridgehead atoms. The summed E-state index contributed by atoms with van der Waals surface area (Å²) in [5, 5.41) is 1.00. The summed E-state index contributed by atoms with van der Waals surface area (Å²) in [6.45, 7) is 0. The number of carbonyl (C=O) groups excluding carboxylic acids is 1. The third-order valence-corrected chi connectivity index (χ3v) is 4.06. The van der Waals surface area contributed by atoms with Crippen LogP contribution in [0.15, 0.2) is 12.3 Å². The highest BCUT2D eigenvalue weighted by Gasteiger charge is 2.17. The number of alkyl halides is 1. The van der Waals surface area contributed by atoms with Crippen LogP contribution in [0.5, 0.6) is 0 Å². The third-order valence-electron chi connectivity index (χ3n) is 2.47. The van der Waals surface area contributed by atoms with Crippen molar-refractivity contribution in [3.63, 3.8) is 0 Å². The van der Waals surface area contributed by atoms with Crippen LogP contribution in [0.4, 0.5) is 0 Å². The number of methoxy groups -OCH3 is 2. The molecule has 1 N–H and O–H groups in total. The molecule has 0 amide bonds. The number of carbonyl (C=O) groups is 1. The Morgan fingerprint density at radius 2 is 2.28 bits per heavy atom. The number of H-pyrrole nitrogens is 1. The summed E-state index contributed by atoms with van der Waals surface area (Å²) in [5.41, 5.74) is 1.70. The Balaban J connectivity index is 2.57. The van der Waals surface area contributed by atoms with Gasteiger partial charge < -0.3 is 14.5 Å². The van der Waals surface area contributed by atoms with Crippen LogP contribution < -0.4 is 0 Å². The average Bonchev–Trinajstić information content (AvgIpc) is 2.82. The number of halogens is 2. The van der Waals surface area contributed by atoms with Gasteiger partial charge in [0.25, 0.3) is 0 Å². The van der Waals surface area contributed by atoms with Crippen LogP contribution in [0.2, 0.25) is 5.02 Å².